The fourth-order valence-electron chi connectivity index (χ4n) is 2.28. The van der Waals surface area contributed by atoms with E-state index in [9.17, 15) is 4.79 Å². The quantitative estimate of drug-likeness (QED) is 0.875. The Kier molecular flexibility index (Phi) is 2.94. The second kappa shape index (κ2) is 4.62. The molecule has 1 aliphatic carbocycles. The number of fused-ring (bicyclic) bond motifs is 1. The van der Waals surface area contributed by atoms with Gasteiger partial charge >= 0.3 is 5.97 Å². The van der Waals surface area contributed by atoms with Crippen LogP contribution in [0.25, 0.3) is 11.0 Å². The van der Waals surface area contributed by atoms with Crippen LogP contribution in [0.15, 0.2) is 18.2 Å². The Morgan fingerprint density at radius 1 is 1.53 bits per heavy atom. The lowest BCUT2D eigenvalue weighted by molar-refractivity contribution is 0.0699. The number of hydrogen-bond donors (Lipinski definition) is 1. The number of aromatic carboxylic acids is 1. The van der Waals surface area contributed by atoms with Crippen molar-refractivity contribution in [1.82, 2.24) is 19.9 Å². The molecule has 0 spiro atoms. The molecular weight excluding hydrogens is 244 g/mol. The van der Waals surface area contributed by atoms with E-state index < -0.39 is 5.97 Å². The SMILES string of the molecule is CN(CCn1nnc2c(C(=O)O)cccc21)C1CC1. The molecule has 1 aliphatic rings. The maximum Gasteiger partial charge on any atom is 0.338 e. The number of aromatic nitrogens is 3. The second-order valence-electron chi connectivity index (χ2n) is 5.00. The highest BCUT2D eigenvalue weighted by molar-refractivity contribution is 6.00. The zero-order valence-electron chi connectivity index (χ0n) is 10.8. The summed E-state index contributed by atoms with van der Waals surface area (Å²) in [6, 6.07) is 5.86. The van der Waals surface area contributed by atoms with Crippen molar-refractivity contribution < 1.29 is 9.90 Å². The van der Waals surface area contributed by atoms with Crippen LogP contribution in [0.5, 0.6) is 0 Å². The Labute approximate surface area is 110 Å². The predicted molar refractivity (Wildman–Crippen MR) is 70.1 cm³/mol. The summed E-state index contributed by atoms with van der Waals surface area (Å²) in [5.74, 6) is -0.965. The number of benzene rings is 1. The maximum atomic E-state index is 11.1. The maximum absolute atomic E-state index is 11.1. The van der Waals surface area contributed by atoms with E-state index >= 15 is 0 Å². The lowest BCUT2D eigenvalue weighted by atomic mass is 10.2. The van der Waals surface area contributed by atoms with Gasteiger partial charge in [0.25, 0.3) is 0 Å². The van der Waals surface area contributed by atoms with Crippen LogP contribution in [-0.4, -0.2) is 50.6 Å². The summed E-state index contributed by atoms with van der Waals surface area (Å²) in [7, 11) is 2.11. The van der Waals surface area contributed by atoms with Crippen molar-refractivity contribution >= 4 is 17.0 Å². The van der Waals surface area contributed by atoms with Crippen LogP contribution in [-0.2, 0) is 6.54 Å². The highest BCUT2D eigenvalue weighted by atomic mass is 16.4. The summed E-state index contributed by atoms with van der Waals surface area (Å²) >= 11 is 0. The minimum Gasteiger partial charge on any atom is -0.478 e. The van der Waals surface area contributed by atoms with Gasteiger partial charge in [-0.2, -0.15) is 0 Å². The molecule has 1 N–H and O–H groups in total. The van der Waals surface area contributed by atoms with Crippen molar-refractivity contribution in [3.8, 4) is 0 Å². The zero-order valence-corrected chi connectivity index (χ0v) is 10.8. The molecule has 6 nitrogen and oxygen atoms in total. The lowest BCUT2D eigenvalue weighted by Crippen LogP contribution is -2.25. The minimum absolute atomic E-state index is 0.208. The van der Waals surface area contributed by atoms with Crippen molar-refractivity contribution in [3.05, 3.63) is 23.8 Å². The highest BCUT2D eigenvalue weighted by Crippen LogP contribution is 2.25. The lowest BCUT2D eigenvalue weighted by Gasteiger charge is -2.15. The monoisotopic (exact) mass is 260 g/mol. The standard InChI is InChI=1S/C13H16N4O2/c1-16(9-5-6-9)7-8-17-11-4-2-3-10(13(18)19)12(11)14-15-17/h2-4,9H,5-8H2,1H3,(H,18,19). The molecule has 100 valence electrons. The molecule has 0 atom stereocenters. The molecule has 1 saturated carbocycles. The topological polar surface area (TPSA) is 71.2 Å². The van der Waals surface area contributed by atoms with Crippen molar-refractivity contribution in [2.45, 2.75) is 25.4 Å². The number of hydrogen-bond acceptors (Lipinski definition) is 4. The van der Waals surface area contributed by atoms with Crippen molar-refractivity contribution in [2.24, 2.45) is 0 Å². The van der Waals surface area contributed by atoms with Gasteiger partial charge in [-0.1, -0.05) is 11.3 Å². The number of rotatable bonds is 5. The van der Waals surface area contributed by atoms with E-state index in [1.807, 2.05) is 6.07 Å². The average molecular weight is 260 g/mol. The van der Waals surface area contributed by atoms with E-state index in [4.69, 9.17) is 5.11 Å². The summed E-state index contributed by atoms with van der Waals surface area (Å²) < 4.78 is 1.78. The van der Waals surface area contributed by atoms with Crippen LogP contribution in [0.3, 0.4) is 0 Å². The largest absolute Gasteiger partial charge is 0.478 e. The predicted octanol–water partition coefficient (Wildman–Crippen LogP) is 1.22. The van der Waals surface area contributed by atoms with E-state index in [0.717, 1.165) is 18.6 Å². The van der Waals surface area contributed by atoms with Gasteiger partial charge in [0.05, 0.1) is 17.6 Å². The van der Waals surface area contributed by atoms with E-state index in [1.165, 1.54) is 12.8 Å². The summed E-state index contributed by atoms with van der Waals surface area (Å²) in [4.78, 5) is 13.4. The minimum atomic E-state index is -0.965. The van der Waals surface area contributed by atoms with Crippen molar-refractivity contribution in [3.63, 3.8) is 0 Å². The van der Waals surface area contributed by atoms with Crippen LogP contribution in [0.2, 0.25) is 0 Å². The van der Waals surface area contributed by atoms with Crippen LogP contribution < -0.4 is 0 Å². The molecule has 19 heavy (non-hydrogen) atoms. The molecule has 1 heterocycles. The first-order valence-corrected chi connectivity index (χ1v) is 6.42. The summed E-state index contributed by atoms with van der Waals surface area (Å²) in [5.41, 5.74) is 1.45. The van der Waals surface area contributed by atoms with Gasteiger partial charge in [0.2, 0.25) is 0 Å². The Morgan fingerprint density at radius 2 is 2.32 bits per heavy atom. The number of nitrogens with zero attached hydrogens (tertiary/aromatic N) is 4. The molecule has 1 aromatic heterocycles. The molecule has 0 amide bonds. The van der Waals surface area contributed by atoms with Gasteiger partial charge in [0, 0.05) is 12.6 Å². The van der Waals surface area contributed by atoms with Crippen LogP contribution in [0.4, 0.5) is 0 Å². The van der Waals surface area contributed by atoms with Gasteiger partial charge in [-0.05, 0) is 32.0 Å². The first-order valence-electron chi connectivity index (χ1n) is 6.42. The third-order valence-corrected chi connectivity index (χ3v) is 3.61. The van der Waals surface area contributed by atoms with E-state index in [1.54, 1.807) is 16.8 Å². The first-order chi connectivity index (χ1) is 9.16. The first kappa shape index (κ1) is 12.1. The molecule has 0 radical (unpaired) electrons. The number of carboxylic acids is 1. The summed E-state index contributed by atoms with van der Waals surface area (Å²) in [6.45, 7) is 1.63. The van der Waals surface area contributed by atoms with Gasteiger partial charge in [0.15, 0.2) is 0 Å². The normalized spacial score (nSPS) is 15.3. The number of carboxylic acid groups (broad SMARTS) is 1. The van der Waals surface area contributed by atoms with E-state index in [0.29, 0.717) is 11.6 Å². The molecule has 0 bridgehead atoms. The number of carbonyl (C=O) groups is 1. The van der Waals surface area contributed by atoms with Gasteiger partial charge in [-0.3, -0.25) is 0 Å². The van der Waals surface area contributed by atoms with E-state index in [2.05, 4.69) is 22.3 Å². The van der Waals surface area contributed by atoms with Gasteiger partial charge in [0.1, 0.15) is 5.52 Å². The Bertz CT molecular complexity index is 618. The second-order valence-corrected chi connectivity index (χ2v) is 5.00. The summed E-state index contributed by atoms with van der Waals surface area (Å²) in [6.07, 6.45) is 2.55. The summed E-state index contributed by atoms with van der Waals surface area (Å²) in [5, 5.41) is 17.2. The molecule has 2 aromatic rings. The third-order valence-electron chi connectivity index (χ3n) is 3.61. The Morgan fingerprint density at radius 3 is 3.00 bits per heavy atom. The van der Waals surface area contributed by atoms with Crippen LogP contribution in [0.1, 0.15) is 23.2 Å². The Balaban J connectivity index is 1.84. The molecule has 0 unspecified atom stereocenters. The fraction of sp³-hybridized carbons (Fsp3) is 0.462. The molecule has 0 aliphatic heterocycles. The highest BCUT2D eigenvalue weighted by Gasteiger charge is 2.25. The molecule has 1 aromatic carbocycles. The molecular formula is C13H16N4O2. The molecule has 1 fully saturated rings. The molecule has 6 heteroatoms. The van der Waals surface area contributed by atoms with Gasteiger partial charge in [-0.15, -0.1) is 5.10 Å². The molecule has 0 saturated heterocycles. The third kappa shape index (κ3) is 2.31. The van der Waals surface area contributed by atoms with Gasteiger partial charge in [-0.25, -0.2) is 9.48 Å². The average Bonchev–Trinajstić information content (AvgIpc) is 3.16. The smallest absolute Gasteiger partial charge is 0.338 e. The van der Waals surface area contributed by atoms with Crippen molar-refractivity contribution in [1.29, 1.82) is 0 Å². The Hall–Kier alpha value is -1.95. The van der Waals surface area contributed by atoms with E-state index in [-0.39, 0.29) is 5.56 Å². The number of likely N-dealkylation sites (N-methyl/N-ethyl adjacent to an activating group) is 1. The van der Waals surface area contributed by atoms with Crippen LogP contribution >= 0.6 is 0 Å². The van der Waals surface area contributed by atoms with Gasteiger partial charge < -0.3 is 10.0 Å². The van der Waals surface area contributed by atoms with Crippen LogP contribution in [0, 0.1) is 0 Å². The zero-order chi connectivity index (χ0) is 13.4. The fourth-order valence-corrected chi connectivity index (χ4v) is 2.28. The van der Waals surface area contributed by atoms with Crippen molar-refractivity contribution in [2.75, 3.05) is 13.6 Å². The molecule has 3 rings (SSSR count).